The van der Waals surface area contributed by atoms with Crippen molar-refractivity contribution >= 4 is 15.9 Å². The van der Waals surface area contributed by atoms with Crippen molar-refractivity contribution in [3.63, 3.8) is 0 Å². The van der Waals surface area contributed by atoms with Crippen molar-refractivity contribution in [2.45, 2.75) is 19.3 Å². The maximum Gasteiger partial charge on any atom is 0.0992 e. The Kier molecular flexibility index (Phi) is 3.99. The molecule has 19 heavy (non-hydrogen) atoms. The van der Waals surface area contributed by atoms with Gasteiger partial charge in [0.25, 0.3) is 0 Å². The molecule has 0 amide bonds. The van der Waals surface area contributed by atoms with E-state index in [9.17, 15) is 0 Å². The minimum absolute atomic E-state index is 0.826. The van der Waals surface area contributed by atoms with Crippen molar-refractivity contribution in [1.82, 2.24) is 14.9 Å². The smallest absolute Gasteiger partial charge is 0.0992 e. The predicted molar refractivity (Wildman–Crippen MR) is 80.6 cm³/mol. The molecule has 2 heterocycles. The third kappa shape index (κ3) is 3.07. The van der Waals surface area contributed by atoms with Crippen molar-refractivity contribution in [2.75, 3.05) is 13.1 Å². The highest BCUT2D eigenvalue weighted by Crippen LogP contribution is 2.25. The second-order valence-corrected chi connectivity index (χ2v) is 6.01. The number of nitrogens with one attached hydrogen (secondary N) is 1. The maximum absolute atomic E-state index is 4.09. The summed E-state index contributed by atoms with van der Waals surface area (Å²) in [5.41, 5.74) is 2.56. The lowest BCUT2D eigenvalue weighted by Gasteiger charge is -2.22. The SMILES string of the molecule is Brc1cc(CC2CCNCC2)ccc1-n1ccnc1. The fourth-order valence-corrected chi connectivity index (χ4v) is 3.34. The predicted octanol–water partition coefficient (Wildman–Crippen LogP) is 3.18. The van der Waals surface area contributed by atoms with Crippen molar-refractivity contribution < 1.29 is 0 Å². The Morgan fingerprint density at radius 3 is 2.84 bits per heavy atom. The summed E-state index contributed by atoms with van der Waals surface area (Å²) in [6.45, 7) is 2.33. The number of hydrogen-bond donors (Lipinski definition) is 1. The Labute approximate surface area is 122 Å². The number of rotatable bonds is 3. The summed E-state index contributed by atoms with van der Waals surface area (Å²) in [5.74, 6) is 0.826. The fraction of sp³-hybridized carbons (Fsp3) is 0.400. The monoisotopic (exact) mass is 319 g/mol. The molecule has 4 heteroatoms. The third-order valence-electron chi connectivity index (χ3n) is 3.78. The van der Waals surface area contributed by atoms with E-state index in [-0.39, 0.29) is 0 Å². The van der Waals surface area contributed by atoms with Gasteiger partial charge in [0.15, 0.2) is 0 Å². The summed E-state index contributed by atoms with van der Waals surface area (Å²) in [4.78, 5) is 4.09. The zero-order valence-electron chi connectivity index (χ0n) is 10.8. The van der Waals surface area contributed by atoms with Gasteiger partial charge in [-0.25, -0.2) is 4.98 Å². The first kappa shape index (κ1) is 12.9. The Morgan fingerprint density at radius 1 is 1.32 bits per heavy atom. The molecule has 0 bridgehead atoms. The van der Waals surface area contributed by atoms with Crippen molar-refractivity contribution in [3.05, 3.63) is 47.0 Å². The molecule has 3 rings (SSSR count). The van der Waals surface area contributed by atoms with Crippen LogP contribution in [0.1, 0.15) is 18.4 Å². The van der Waals surface area contributed by atoms with Crippen molar-refractivity contribution in [1.29, 1.82) is 0 Å². The molecule has 3 nitrogen and oxygen atoms in total. The highest BCUT2D eigenvalue weighted by Gasteiger charge is 2.14. The first-order valence-corrected chi connectivity index (χ1v) is 7.60. The molecule has 1 N–H and O–H groups in total. The first-order valence-electron chi connectivity index (χ1n) is 6.80. The van der Waals surface area contributed by atoms with Crippen molar-refractivity contribution in [2.24, 2.45) is 5.92 Å². The maximum atomic E-state index is 4.09. The Balaban J connectivity index is 1.75. The number of aromatic nitrogens is 2. The molecule has 1 saturated heterocycles. The molecule has 0 aliphatic carbocycles. The minimum Gasteiger partial charge on any atom is -0.317 e. The van der Waals surface area contributed by atoms with Gasteiger partial charge >= 0.3 is 0 Å². The molecule has 0 saturated carbocycles. The highest BCUT2D eigenvalue weighted by molar-refractivity contribution is 9.10. The third-order valence-corrected chi connectivity index (χ3v) is 4.41. The van der Waals surface area contributed by atoms with Crippen LogP contribution < -0.4 is 5.32 Å². The van der Waals surface area contributed by atoms with Crippen LogP contribution in [0.25, 0.3) is 5.69 Å². The topological polar surface area (TPSA) is 29.9 Å². The average Bonchev–Trinajstić information content (AvgIpc) is 2.94. The molecule has 100 valence electrons. The van der Waals surface area contributed by atoms with E-state index < -0.39 is 0 Å². The van der Waals surface area contributed by atoms with E-state index in [1.54, 1.807) is 6.20 Å². The Hall–Kier alpha value is -1.13. The fourth-order valence-electron chi connectivity index (χ4n) is 2.71. The van der Waals surface area contributed by atoms with Crippen LogP contribution >= 0.6 is 15.9 Å². The molecule has 2 aromatic rings. The minimum atomic E-state index is 0.826. The van der Waals surface area contributed by atoms with E-state index in [1.165, 1.54) is 37.9 Å². The molecule has 0 atom stereocenters. The second-order valence-electron chi connectivity index (χ2n) is 5.15. The number of halogens is 1. The van der Waals surface area contributed by atoms with Gasteiger partial charge in [0.1, 0.15) is 0 Å². The van der Waals surface area contributed by atoms with Crippen LogP contribution in [0, 0.1) is 5.92 Å². The zero-order valence-corrected chi connectivity index (χ0v) is 12.4. The molecule has 0 radical (unpaired) electrons. The van der Waals surface area contributed by atoms with E-state index >= 15 is 0 Å². The van der Waals surface area contributed by atoms with Crippen LogP contribution in [-0.2, 0) is 6.42 Å². The molecular formula is C15H18BrN3. The van der Waals surface area contributed by atoms with Gasteiger partial charge in [-0.2, -0.15) is 0 Å². The van der Waals surface area contributed by atoms with Gasteiger partial charge in [-0.3, -0.25) is 0 Å². The highest BCUT2D eigenvalue weighted by atomic mass is 79.9. The first-order chi connectivity index (χ1) is 9.33. The number of imidazole rings is 1. The molecule has 1 aliphatic heterocycles. The summed E-state index contributed by atoms with van der Waals surface area (Å²) in [7, 11) is 0. The van der Waals surface area contributed by atoms with Crippen LogP contribution in [0.2, 0.25) is 0 Å². The second kappa shape index (κ2) is 5.88. The molecule has 0 spiro atoms. The van der Waals surface area contributed by atoms with E-state index in [0.29, 0.717) is 0 Å². The van der Waals surface area contributed by atoms with Crippen LogP contribution in [0.4, 0.5) is 0 Å². The molecule has 1 fully saturated rings. The van der Waals surface area contributed by atoms with E-state index in [1.807, 2.05) is 17.1 Å². The summed E-state index contributed by atoms with van der Waals surface area (Å²) >= 11 is 3.67. The largest absolute Gasteiger partial charge is 0.317 e. The summed E-state index contributed by atoms with van der Waals surface area (Å²) in [5, 5.41) is 3.42. The normalized spacial score (nSPS) is 16.7. The average molecular weight is 320 g/mol. The van der Waals surface area contributed by atoms with E-state index in [4.69, 9.17) is 0 Å². The quantitative estimate of drug-likeness (QED) is 0.941. The van der Waals surface area contributed by atoms with Gasteiger partial charge in [-0.05, 0) is 71.9 Å². The van der Waals surface area contributed by atoms with Gasteiger partial charge < -0.3 is 9.88 Å². The van der Waals surface area contributed by atoms with Gasteiger partial charge in [-0.15, -0.1) is 0 Å². The van der Waals surface area contributed by atoms with Gasteiger partial charge in [0.2, 0.25) is 0 Å². The van der Waals surface area contributed by atoms with Gasteiger partial charge in [0.05, 0.1) is 12.0 Å². The summed E-state index contributed by atoms with van der Waals surface area (Å²) in [6.07, 6.45) is 9.36. The van der Waals surface area contributed by atoms with E-state index in [0.717, 1.165) is 16.1 Å². The van der Waals surface area contributed by atoms with Crippen LogP contribution in [0.15, 0.2) is 41.4 Å². The molecule has 1 aromatic heterocycles. The molecule has 1 aliphatic rings. The summed E-state index contributed by atoms with van der Waals surface area (Å²) in [6, 6.07) is 6.65. The molecule has 0 unspecified atom stereocenters. The van der Waals surface area contributed by atoms with Crippen molar-refractivity contribution in [3.8, 4) is 5.69 Å². The number of nitrogens with zero attached hydrogens (tertiary/aromatic N) is 2. The Morgan fingerprint density at radius 2 is 2.16 bits per heavy atom. The number of benzene rings is 1. The number of piperidine rings is 1. The lowest BCUT2D eigenvalue weighted by Crippen LogP contribution is -2.28. The van der Waals surface area contributed by atoms with Gasteiger partial charge in [0, 0.05) is 16.9 Å². The van der Waals surface area contributed by atoms with Crippen LogP contribution in [0.3, 0.4) is 0 Å². The van der Waals surface area contributed by atoms with Gasteiger partial charge in [-0.1, -0.05) is 6.07 Å². The van der Waals surface area contributed by atoms with Crippen LogP contribution in [-0.4, -0.2) is 22.6 Å². The molecular weight excluding hydrogens is 302 g/mol. The van der Waals surface area contributed by atoms with Crippen LogP contribution in [0.5, 0.6) is 0 Å². The van der Waals surface area contributed by atoms with E-state index in [2.05, 4.69) is 44.4 Å². The molecule has 1 aromatic carbocycles. The lowest BCUT2D eigenvalue weighted by atomic mass is 9.91. The number of hydrogen-bond acceptors (Lipinski definition) is 2. The summed E-state index contributed by atoms with van der Waals surface area (Å²) < 4.78 is 3.16. The zero-order chi connectivity index (χ0) is 13.1. The standard InChI is InChI=1S/C15H18BrN3/c16-14-10-13(9-12-3-5-17-6-4-12)1-2-15(14)19-8-7-18-11-19/h1-2,7-8,10-12,17H,3-6,9H2. The Bertz CT molecular complexity index is 530. The lowest BCUT2D eigenvalue weighted by molar-refractivity contribution is 0.372.